The summed E-state index contributed by atoms with van der Waals surface area (Å²) < 4.78 is 4.57. The number of thioether (sulfide) groups is 1. The van der Waals surface area contributed by atoms with Gasteiger partial charge in [-0.3, -0.25) is 9.59 Å². The number of esters is 1. The fraction of sp³-hybridized carbons (Fsp3) is 0.833. The summed E-state index contributed by atoms with van der Waals surface area (Å²) in [6, 6.07) is 0. The molecule has 5 heteroatoms. The van der Waals surface area contributed by atoms with Crippen LogP contribution in [0.15, 0.2) is 0 Å². The monoisotopic (exact) mass is 261 g/mol. The van der Waals surface area contributed by atoms with E-state index in [9.17, 15) is 9.59 Å². The standard InChI is InChI=1S/C12H23NO3S/c1-9(2)5-6-13-11(14)8-17-10(3)7-12(15)16-4/h9-10H,5-8H2,1-4H3,(H,13,14). The van der Waals surface area contributed by atoms with Crippen molar-refractivity contribution in [2.45, 2.75) is 38.9 Å². The van der Waals surface area contributed by atoms with Crippen molar-refractivity contribution < 1.29 is 14.3 Å². The molecule has 0 aromatic heterocycles. The zero-order chi connectivity index (χ0) is 13.3. The average Bonchev–Trinajstić information content (AvgIpc) is 2.25. The first-order chi connectivity index (χ1) is 7.95. The highest BCUT2D eigenvalue weighted by Crippen LogP contribution is 2.14. The molecule has 4 nitrogen and oxygen atoms in total. The van der Waals surface area contributed by atoms with Crippen LogP contribution < -0.4 is 5.32 Å². The predicted octanol–water partition coefficient (Wildman–Crippen LogP) is 1.83. The fourth-order valence-electron chi connectivity index (χ4n) is 1.15. The lowest BCUT2D eigenvalue weighted by molar-refractivity contribution is -0.140. The van der Waals surface area contributed by atoms with Crippen LogP contribution in [0.1, 0.15) is 33.6 Å². The number of hydrogen-bond donors (Lipinski definition) is 1. The van der Waals surface area contributed by atoms with Gasteiger partial charge in [-0.15, -0.1) is 11.8 Å². The molecule has 0 fully saturated rings. The minimum atomic E-state index is -0.231. The summed E-state index contributed by atoms with van der Waals surface area (Å²) in [5, 5.41) is 2.97. The fourth-order valence-corrected chi connectivity index (χ4v) is 1.94. The lowest BCUT2D eigenvalue weighted by Crippen LogP contribution is -2.27. The number of amides is 1. The van der Waals surface area contributed by atoms with Crippen LogP contribution in [0.5, 0.6) is 0 Å². The maximum absolute atomic E-state index is 11.4. The molecule has 0 saturated carbocycles. The largest absolute Gasteiger partial charge is 0.469 e. The molecule has 1 N–H and O–H groups in total. The van der Waals surface area contributed by atoms with Crippen molar-refractivity contribution in [2.75, 3.05) is 19.4 Å². The molecule has 100 valence electrons. The highest BCUT2D eigenvalue weighted by Gasteiger charge is 2.11. The molecule has 1 amide bonds. The Morgan fingerprint density at radius 1 is 1.29 bits per heavy atom. The zero-order valence-electron chi connectivity index (χ0n) is 11.1. The number of nitrogens with one attached hydrogen (secondary N) is 1. The Morgan fingerprint density at radius 2 is 1.94 bits per heavy atom. The Morgan fingerprint density at radius 3 is 2.47 bits per heavy atom. The number of ether oxygens (including phenoxy) is 1. The van der Waals surface area contributed by atoms with E-state index < -0.39 is 0 Å². The number of carbonyl (C=O) groups excluding carboxylic acids is 2. The smallest absolute Gasteiger partial charge is 0.306 e. The van der Waals surface area contributed by atoms with Gasteiger partial charge in [0.05, 0.1) is 19.3 Å². The van der Waals surface area contributed by atoms with Crippen LogP contribution in [-0.4, -0.2) is 36.5 Å². The SMILES string of the molecule is COC(=O)CC(C)SCC(=O)NCCC(C)C. The first-order valence-corrected chi connectivity index (χ1v) is 6.95. The molecule has 0 spiro atoms. The van der Waals surface area contributed by atoms with Gasteiger partial charge >= 0.3 is 5.97 Å². The summed E-state index contributed by atoms with van der Waals surface area (Å²) in [6.45, 7) is 6.89. The van der Waals surface area contributed by atoms with E-state index in [1.54, 1.807) is 0 Å². The molecule has 0 bridgehead atoms. The molecule has 17 heavy (non-hydrogen) atoms. The molecule has 0 aliphatic heterocycles. The highest BCUT2D eigenvalue weighted by atomic mass is 32.2. The zero-order valence-corrected chi connectivity index (χ0v) is 11.9. The second-order valence-electron chi connectivity index (χ2n) is 4.43. The van der Waals surface area contributed by atoms with Crippen molar-refractivity contribution in [3.8, 4) is 0 Å². The Labute approximate surface area is 108 Å². The summed E-state index contributed by atoms with van der Waals surface area (Å²) in [5.41, 5.74) is 0. The van der Waals surface area contributed by atoms with E-state index in [0.717, 1.165) is 13.0 Å². The molecule has 0 aromatic carbocycles. The predicted molar refractivity (Wildman–Crippen MR) is 71.0 cm³/mol. The summed E-state index contributed by atoms with van der Waals surface area (Å²) in [7, 11) is 1.37. The summed E-state index contributed by atoms with van der Waals surface area (Å²) in [6.07, 6.45) is 1.34. The van der Waals surface area contributed by atoms with E-state index in [2.05, 4.69) is 23.9 Å². The lowest BCUT2D eigenvalue weighted by Gasteiger charge is -2.10. The Kier molecular flexibility index (Phi) is 8.94. The molecule has 0 saturated heterocycles. The third-order valence-corrected chi connectivity index (χ3v) is 3.39. The third-order valence-electron chi connectivity index (χ3n) is 2.22. The number of carbonyl (C=O) groups is 2. The van der Waals surface area contributed by atoms with Crippen LogP contribution in [0.3, 0.4) is 0 Å². The van der Waals surface area contributed by atoms with E-state index in [-0.39, 0.29) is 17.1 Å². The van der Waals surface area contributed by atoms with Gasteiger partial charge in [-0.2, -0.15) is 0 Å². The lowest BCUT2D eigenvalue weighted by atomic mass is 10.1. The highest BCUT2D eigenvalue weighted by molar-refractivity contribution is 8.00. The molecule has 0 rings (SSSR count). The molecule has 1 unspecified atom stereocenters. The van der Waals surface area contributed by atoms with Crippen LogP contribution in [0.25, 0.3) is 0 Å². The second kappa shape index (κ2) is 9.33. The number of rotatable bonds is 8. The molecule has 0 aliphatic carbocycles. The molecule has 0 aromatic rings. The summed E-state index contributed by atoms with van der Waals surface area (Å²) in [5.74, 6) is 0.801. The Hall–Kier alpha value is -0.710. The van der Waals surface area contributed by atoms with E-state index in [1.165, 1.54) is 18.9 Å². The normalized spacial score (nSPS) is 12.3. The average molecular weight is 261 g/mol. The molecule has 1 atom stereocenters. The van der Waals surface area contributed by atoms with E-state index in [0.29, 0.717) is 18.1 Å². The third kappa shape index (κ3) is 10.2. The minimum Gasteiger partial charge on any atom is -0.469 e. The van der Waals surface area contributed by atoms with Gasteiger partial charge in [0.2, 0.25) is 5.91 Å². The van der Waals surface area contributed by atoms with Gasteiger partial charge in [0.1, 0.15) is 0 Å². The first kappa shape index (κ1) is 16.3. The molecule has 0 radical (unpaired) electrons. The van der Waals surface area contributed by atoms with Crippen LogP contribution in [0, 0.1) is 5.92 Å². The van der Waals surface area contributed by atoms with Crippen LogP contribution in [-0.2, 0) is 14.3 Å². The molecular formula is C12H23NO3S. The second-order valence-corrected chi connectivity index (χ2v) is 5.86. The van der Waals surface area contributed by atoms with Crippen LogP contribution in [0.4, 0.5) is 0 Å². The van der Waals surface area contributed by atoms with Crippen molar-refractivity contribution in [1.29, 1.82) is 0 Å². The van der Waals surface area contributed by atoms with Crippen molar-refractivity contribution >= 4 is 23.6 Å². The van der Waals surface area contributed by atoms with Crippen LogP contribution in [0.2, 0.25) is 0 Å². The number of methoxy groups -OCH3 is 1. The van der Waals surface area contributed by atoms with E-state index in [1.807, 2.05) is 6.92 Å². The van der Waals surface area contributed by atoms with Gasteiger partial charge in [0, 0.05) is 11.8 Å². The van der Waals surface area contributed by atoms with Crippen molar-refractivity contribution in [3.05, 3.63) is 0 Å². The van der Waals surface area contributed by atoms with Gasteiger partial charge in [-0.05, 0) is 12.3 Å². The maximum atomic E-state index is 11.4. The maximum Gasteiger partial charge on any atom is 0.306 e. The van der Waals surface area contributed by atoms with Gasteiger partial charge in [-0.1, -0.05) is 20.8 Å². The first-order valence-electron chi connectivity index (χ1n) is 5.90. The number of hydrogen-bond acceptors (Lipinski definition) is 4. The summed E-state index contributed by atoms with van der Waals surface area (Å²) in [4.78, 5) is 22.4. The topological polar surface area (TPSA) is 55.4 Å². The van der Waals surface area contributed by atoms with Gasteiger partial charge < -0.3 is 10.1 Å². The van der Waals surface area contributed by atoms with Crippen molar-refractivity contribution in [2.24, 2.45) is 5.92 Å². The van der Waals surface area contributed by atoms with Crippen molar-refractivity contribution in [1.82, 2.24) is 5.32 Å². The van der Waals surface area contributed by atoms with E-state index >= 15 is 0 Å². The van der Waals surface area contributed by atoms with Crippen LogP contribution >= 0.6 is 11.8 Å². The Balaban J connectivity index is 3.58. The quantitative estimate of drug-likeness (QED) is 0.677. The molecule has 0 aliphatic rings. The van der Waals surface area contributed by atoms with E-state index in [4.69, 9.17) is 0 Å². The van der Waals surface area contributed by atoms with Crippen molar-refractivity contribution in [3.63, 3.8) is 0 Å². The Bertz CT molecular complexity index is 244. The van der Waals surface area contributed by atoms with Gasteiger partial charge in [-0.25, -0.2) is 0 Å². The molecular weight excluding hydrogens is 238 g/mol. The molecule has 0 heterocycles. The van der Waals surface area contributed by atoms with Gasteiger partial charge in [0.25, 0.3) is 0 Å². The van der Waals surface area contributed by atoms with Gasteiger partial charge in [0.15, 0.2) is 0 Å². The summed E-state index contributed by atoms with van der Waals surface area (Å²) >= 11 is 1.47. The minimum absolute atomic E-state index is 0.0346.